The van der Waals surface area contributed by atoms with E-state index in [0.717, 1.165) is 28.7 Å². The van der Waals surface area contributed by atoms with E-state index in [-0.39, 0.29) is 32.2 Å². The number of imide groups is 2. The minimum atomic E-state index is -3.65. The Hall–Kier alpha value is -3.05. The van der Waals surface area contributed by atoms with Crippen molar-refractivity contribution in [3.63, 3.8) is 0 Å². The van der Waals surface area contributed by atoms with Crippen LogP contribution in [0.2, 0.25) is 0 Å². The molecule has 0 radical (unpaired) electrons. The van der Waals surface area contributed by atoms with E-state index in [9.17, 15) is 27.6 Å². The quantitative estimate of drug-likeness (QED) is 0.446. The number of hydrogen-bond donors (Lipinski definition) is 0. The third kappa shape index (κ3) is 4.83. The number of sulfonamides is 1. The molecule has 0 spiro atoms. The van der Waals surface area contributed by atoms with Crippen LogP contribution in [0.4, 0.5) is 4.79 Å². The molecule has 33 heavy (non-hydrogen) atoms. The van der Waals surface area contributed by atoms with Crippen molar-refractivity contribution in [1.29, 1.82) is 0 Å². The summed E-state index contributed by atoms with van der Waals surface area (Å²) in [5.74, 6) is -2.34. The van der Waals surface area contributed by atoms with E-state index in [1.54, 1.807) is 12.1 Å². The number of benzene rings is 1. The molecule has 0 aromatic heterocycles. The number of urea groups is 1. The van der Waals surface area contributed by atoms with Crippen molar-refractivity contribution in [2.75, 3.05) is 32.7 Å². The molecule has 3 aliphatic rings. The van der Waals surface area contributed by atoms with Gasteiger partial charge < -0.3 is 4.90 Å². The number of hydrogen-bond acceptors (Lipinski definition) is 6. The molecule has 3 fully saturated rings. The Morgan fingerprint density at radius 3 is 2.21 bits per heavy atom. The Morgan fingerprint density at radius 2 is 1.58 bits per heavy atom. The van der Waals surface area contributed by atoms with Crippen LogP contribution in [0.15, 0.2) is 35.7 Å². The van der Waals surface area contributed by atoms with Gasteiger partial charge in [0, 0.05) is 37.6 Å². The first kappa shape index (κ1) is 23.1. The predicted molar refractivity (Wildman–Crippen MR) is 119 cm³/mol. The molecule has 1 aromatic rings. The van der Waals surface area contributed by atoms with E-state index >= 15 is 0 Å². The summed E-state index contributed by atoms with van der Waals surface area (Å²) in [6.07, 6.45) is 4.64. The third-order valence-corrected chi connectivity index (χ3v) is 7.82. The Bertz CT molecular complexity index is 1070. The highest BCUT2D eigenvalue weighted by Crippen LogP contribution is 2.27. The van der Waals surface area contributed by atoms with Crippen molar-refractivity contribution >= 4 is 39.9 Å². The van der Waals surface area contributed by atoms with Gasteiger partial charge >= 0.3 is 17.8 Å². The van der Waals surface area contributed by atoms with Gasteiger partial charge in [0.1, 0.15) is 6.54 Å². The molecule has 0 N–H and O–H groups in total. The van der Waals surface area contributed by atoms with Gasteiger partial charge in [0.2, 0.25) is 15.9 Å². The molecule has 2 saturated heterocycles. The monoisotopic (exact) mass is 474 g/mol. The Kier molecular flexibility index (Phi) is 6.61. The first-order valence-electron chi connectivity index (χ1n) is 11.0. The van der Waals surface area contributed by atoms with Crippen LogP contribution < -0.4 is 0 Å². The molecule has 11 heteroatoms. The normalized spacial score (nSPS) is 21.1. The lowest BCUT2D eigenvalue weighted by Crippen LogP contribution is -2.53. The number of piperazine rings is 1. The lowest BCUT2D eigenvalue weighted by atomic mass is 10.2. The lowest BCUT2D eigenvalue weighted by Gasteiger charge is -2.34. The topological polar surface area (TPSA) is 115 Å². The third-order valence-electron chi connectivity index (χ3n) is 6.25. The summed E-state index contributed by atoms with van der Waals surface area (Å²) >= 11 is 0. The first-order valence-corrected chi connectivity index (χ1v) is 12.5. The van der Waals surface area contributed by atoms with Crippen molar-refractivity contribution in [1.82, 2.24) is 19.0 Å². The van der Waals surface area contributed by atoms with Gasteiger partial charge in [0.15, 0.2) is 0 Å². The number of rotatable bonds is 6. The van der Waals surface area contributed by atoms with E-state index in [0.29, 0.717) is 17.7 Å². The molecule has 2 aliphatic heterocycles. The van der Waals surface area contributed by atoms with Crippen molar-refractivity contribution in [3.8, 4) is 0 Å². The van der Waals surface area contributed by atoms with Gasteiger partial charge in [-0.2, -0.15) is 4.31 Å². The molecule has 0 bridgehead atoms. The first-order chi connectivity index (χ1) is 15.8. The summed E-state index contributed by atoms with van der Waals surface area (Å²) in [6, 6.07) is 8.03. The zero-order valence-electron chi connectivity index (χ0n) is 18.1. The van der Waals surface area contributed by atoms with Crippen LogP contribution in [-0.4, -0.2) is 89.9 Å². The van der Waals surface area contributed by atoms with Crippen LogP contribution in [0.25, 0.3) is 6.08 Å². The Labute approximate surface area is 192 Å². The molecular formula is C22H26N4O6S. The summed E-state index contributed by atoms with van der Waals surface area (Å²) in [5, 5.41) is 1.14. The van der Waals surface area contributed by atoms with E-state index in [1.165, 1.54) is 15.3 Å². The Morgan fingerprint density at radius 1 is 0.939 bits per heavy atom. The van der Waals surface area contributed by atoms with Crippen LogP contribution >= 0.6 is 0 Å². The minimum Gasteiger partial charge on any atom is -0.338 e. The number of nitrogens with zero attached hydrogens (tertiary/aromatic N) is 4. The minimum absolute atomic E-state index is 0.0994. The maximum atomic E-state index is 12.7. The predicted octanol–water partition coefficient (Wildman–Crippen LogP) is 0.865. The zero-order valence-corrected chi connectivity index (χ0v) is 18.9. The van der Waals surface area contributed by atoms with Gasteiger partial charge in [0.25, 0.3) is 0 Å². The second kappa shape index (κ2) is 9.44. The van der Waals surface area contributed by atoms with E-state index in [4.69, 9.17) is 0 Å². The maximum absolute atomic E-state index is 12.7. The molecule has 0 unspecified atom stereocenters. The second-order valence-corrected chi connectivity index (χ2v) is 10.1. The van der Waals surface area contributed by atoms with Crippen LogP contribution in [-0.2, 0) is 24.4 Å². The summed E-state index contributed by atoms with van der Waals surface area (Å²) < 4.78 is 26.5. The summed E-state index contributed by atoms with van der Waals surface area (Å²) in [7, 11) is -3.65. The number of amides is 5. The summed E-state index contributed by atoms with van der Waals surface area (Å²) in [5.41, 5.74) is 0.760. The van der Waals surface area contributed by atoms with Crippen LogP contribution in [0, 0.1) is 0 Å². The van der Waals surface area contributed by atoms with Gasteiger partial charge in [-0.1, -0.05) is 43.2 Å². The average molecular weight is 475 g/mol. The molecule has 176 valence electrons. The standard InChI is InChI=1S/C22H26N4O6S/c27-19(16-25-20(28)21(29)26(22(25)30)18-8-4-5-9-18)23-11-13-24(14-12-23)33(31,32)15-10-17-6-2-1-3-7-17/h1-3,6-7,10,15,18H,4-5,8-9,11-14,16H2/b15-10+. The highest BCUT2D eigenvalue weighted by molar-refractivity contribution is 7.92. The van der Waals surface area contributed by atoms with Crippen LogP contribution in [0.5, 0.6) is 0 Å². The van der Waals surface area contributed by atoms with Gasteiger partial charge in [-0.05, 0) is 24.5 Å². The molecule has 1 aromatic carbocycles. The molecule has 5 amide bonds. The molecule has 0 atom stereocenters. The highest BCUT2D eigenvalue weighted by Gasteiger charge is 2.49. The molecule has 1 saturated carbocycles. The lowest BCUT2D eigenvalue weighted by molar-refractivity contribution is -0.145. The molecule has 1 aliphatic carbocycles. The largest absolute Gasteiger partial charge is 0.338 e. The van der Waals surface area contributed by atoms with Crippen molar-refractivity contribution in [3.05, 3.63) is 41.3 Å². The van der Waals surface area contributed by atoms with Crippen molar-refractivity contribution in [2.45, 2.75) is 31.7 Å². The zero-order chi connectivity index (χ0) is 23.6. The van der Waals surface area contributed by atoms with Crippen molar-refractivity contribution < 1.29 is 27.6 Å². The van der Waals surface area contributed by atoms with Gasteiger partial charge in [-0.15, -0.1) is 0 Å². The van der Waals surface area contributed by atoms with Gasteiger partial charge in [-0.25, -0.2) is 18.1 Å². The number of carbonyl (C=O) groups excluding carboxylic acids is 4. The average Bonchev–Trinajstić information content (AvgIpc) is 3.42. The SMILES string of the molecule is O=C(CN1C(=O)C(=O)N(C2CCCC2)C1=O)N1CCN(S(=O)(=O)/C=C/c2ccccc2)CC1. The fraction of sp³-hybridized carbons (Fsp3) is 0.455. The molecule has 4 rings (SSSR count). The van der Waals surface area contributed by atoms with Gasteiger partial charge in [-0.3, -0.25) is 19.3 Å². The second-order valence-electron chi connectivity index (χ2n) is 8.33. The van der Waals surface area contributed by atoms with E-state index in [1.807, 2.05) is 18.2 Å². The molecule has 2 heterocycles. The highest BCUT2D eigenvalue weighted by atomic mass is 32.2. The summed E-state index contributed by atoms with van der Waals surface area (Å²) in [4.78, 5) is 53.1. The molecule has 10 nitrogen and oxygen atoms in total. The number of carbonyl (C=O) groups is 4. The van der Waals surface area contributed by atoms with Crippen LogP contribution in [0.3, 0.4) is 0 Å². The van der Waals surface area contributed by atoms with E-state index < -0.39 is 40.3 Å². The van der Waals surface area contributed by atoms with Crippen molar-refractivity contribution in [2.24, 2.45) is 0 Å². The molecular weight excluding hydrogens is 448 g/mol. The Balaban J connectivity index is 1.33. The fourth-order valence-electron chi connectivity index (χ4n) is 4.39. The summed E-state index contributed by atoms with van der Waals surface area (Å²) in [6.45, 7) is -0.0563. The van der Waals surface area contributed by atoms with Crippen LogP contribution in [0.1, 0.15) is 31.2 Å². The van der Waals surface area contributed by atoms with E-state index in [2.05, 4.69) is 0 Å². The smallest absolute Gasteiger partial charge is 0.334 e. The maximum Gasteiger partial charge on any atom is 0.334 e. The fourth-order valence-corrected chi connectivity index (χ4v) is 5.56. The van der Waals surface area contributed by atoms with Gasteiger partial charge in [0.05, 0.1) is 0 Å².